The molecule has 6 nitrogen and oxygen atoms in total. The van der Waals surface area contributed by atoms with Crippen LogP contribution in [0.2, 0.25) is 0 Å². The van der Waals surface area contributed by atoms with E-state index >= 15 is 0 Å². The summed E-state index contributed by atoms with van der Waals surface area (Å²) in [4.78, 5) is 35.8. The standard InChI is InChI=1S/C15H19BrN2O4S/c1-9(2)17-15(21)18-14(20)10(3)22-13(19)8-23-12-6-4-11(16)5-7-12/h4-7,9-10H,8H2,1-3H3,(H2,17,18,20,21)/t10-/m0/s1. The monoisotopic (exact) mass is 402 g/mol. The number of nitrogens with one attached hydrogen (secondary N) is 2. The molecule has 0 spiro atoms. The van der Waals surface area contributed by atoms with Gasteiger partial charge in [0.1, 0.15) is 0 Å². The molecule has 0 aliphatic rings. The molecule has 126 valence electrons. The van der Waals surface area contributed by atoms with Crippen molar-refractivity contribution in [3.8, 4) is 0 Å². The molecule has 1 aromatic carbocycles. The molecule has 0 saturated carbocycles. The van der Waals surface area contributed by atoms with Gasteiger partial charge in [-0.05, 0) is 45.0 Å². The number of carbonyl (C=O) groups is 3. The van der Waals surface area contributed by atoms with Crippen LogP contribution >= 0.6 is 27.7 Å². The quantitative estimate of drug-likeness (QED) is 0.564. The molecule has 2 N–H and O–H groups in total. The molecular weight excluding hydrogens is 384 g/mol. The van der Waals surface area contributed by atoms with Crippen molar-refractivity contribution in [1.82, 2.24) is 10.6 Å². The highest BCUT2D eigenvalue weighted by atomic mass is 79.9. The van der Waals surface area contributed by atoms with E-state index in [1.807, 2.05) is 24.3 Å². The van der Waals surface area contributed by atoms with Crippen LogP contribution in [0.1, 0.15) is 20.8 Å². The van der Waals surface area contributed by atoms with Gasteiger partial charge in [-0.3, -0.25) is 14.9 Å². The minimum atomic E-state index is -1.04. The molecular formula is C15H19BrN2O4S. The molecule has 0 aromatic heterocycles. The summed E-state index contributed by atoms with van der Waals surface area (Å²) in [6.45, 7) is 4.96. The topological polar surface area (TPSA) is 84.5 Å². The van der Waals surface area contributed by atoms with Gasteiger partial charge in [0.2, 0.25) is 0 Å². The van der Waals surface area contributed by atoms with Crippen molar-refractivity contribution in [2.75, 3.05) is 5.75 Å². The number of amides is 3. The van der Waals surface area contributed by atoms with E-state index < -0.39 is 24.0 Å². The maximum atomic E-state index is 11.7. The maximum absolute atomic E-state index is 11.7. The molecule has 1 atom stereocenters. The number of hydrogen-bond donors (Lipinski definition) is 2. The van der Waals surface area contributed by atoms with E-state index in [1.54, 1.807) is 13.8 Å². The van der Waals surface area contributed by atoms with Gasteiger partial charge in [0.25, 0.3) is 5.91 Å². The van der Waals surface area contributed by atoms with E-state index in [4.69, 9.17) is 4.74 Å². The van der Waals surface area contributed by atoms with Crippen LogP contribution in [0.15, 0.2) is 33.6 Å². The minimum Gasteiger partial charge on any atom is -0.452 e. The summed E-state index contributed by atoms with van der Waals surface area (Å²) < 4.78 is 5.96. The Morgan fingerprint density at radius 3 is 2.35 bits per heavy atom. The zero-order chi connectivity index (χ0) is 17.4. The van der Waals surface area contributed by atoms with Gasteiger partial charge in [0.05, 0.1) is 5.75 Å². The van der Waals surface area contributed by atoms with Gasteiger partial charge in [-0.25, -0.2) is 4.79 Å². The number of benzene rings is 1. The third kappa shape index (κ3) is 8.03. The largest absolute Gasteiger partial charge is 0.452 e. The molecule has 0 aliphatic carbocycles. The molecule has 8 heteroatoms. The molecule has 0 heterocycles. The number of urea groups is 1. The Bertz CT molecular complexity index is 563. The van der Waals surface area contributed by atoms with E-state index in [0.717, 1.165) is 9.37 Å². The van der Waals surface area contributed by atoms with Crippen LogP contribution < -0.4 is 10.6 Å². The summed E-state index contributed by atoms with van der Waals surface area (Å²) in [6.07, 6.45) is -1.04. The van der Waals surface area contributed by atoms with E-state index in [2.05, 4.69) is 26.6 Å². The highest BCUT2D eigenvalue weighted by molar-refractivity contribution is 9.10. The fourth-order valence-electron chi connectivity index (χ4n) is 1.47. The predicted octanol–water partition coefficient (Wildman–Crippen LogP) is 2.71. The highest BCUT2D eigenvalue weighted by Gasteiger charge is 2.20. The van der Waals surface area contributed by atoms with Gasteiger partial charge in [0.15, 0.2) is 6.10 Å². The second kappa shape index (κ2) is 9.57. The van der Waals surface area contributed by atoms with Gasteiger partial charge in [-0.15, -0.1) is 11.8 Å². The Morgan fingerprint density at radius 2 is 1.78 bits per heavy atom. The third-order valence-electron chi connectivity index (χ3n) is 2.50. The highest BCUT2D eigenvalue weighted by Crippen LogP contribution is 2.20. The number of rotatable bonds is 6. The van der Waals surface area contributed by atoms with Crippen molar-refractivity contribution < 1.29 is 19.1 Å². The molecule has 3 amide bonds. The van der Waals surface area contributed by atoms with Crippen molar-refractivity contribution >= 4 is 45.6 Å². The summed E-state index contributed by atoms with van der Waals surface area (Å²) in [6, 6.07) is 6.77. The van der Waals surface area contributed by atoms with Crippen LogP contribution in [-0.2, 0) is 14.3 Å². The van der Waals surface area contributed by atoms with Crippen LogP contribution in [0.25, 0.3) is 0 Å². The van der Waals surface area contributed by atoms with Gasteiger partial charge in [0, 0.05) is 15.4 Å². The van der Waals surface area contributed by atoms with E-state index in [-0.39, 0.29) is 11.8 Å². The Morgan fingerprint density at radius 1 is 1.17 bits per heavy atom. The lowest BCUT2D eigenvalue weighted by Gasteiger charge is -2.14. The van der Waals surface area contributed by atoms with Gasteiger partial charge < -0.3 is 10.1 Å². The number of esters is 1. The first-order chi connectivity index (χ1) is 10.8. The second-order valence-electron chi connectivity index (χ2n) is 4.99. The van der Waals surface area contributed by atoms with Crippen molar-refractivity contribution in [3.63, 3.8) is 0 Å². The van der Waals surface area contributed by atoms with Crippen molar-refractivity contribution in [2.45, 2.75) is 37.8 Å². The van der Waals surface area contributed by atoms with E-state index in [1.165, 1.54) is 18.7 Å². The summed E-state index contributed by atoms with van der Waals surface area (Å²) >= 11 is 4.64. The SMILES string of the molecule is CC(C)NC(=O)NC(=O)[C@H](C)OC(=O)CSc1ccc(Br)cc1. The maximum Gasteiger partial charge on any atom is 0.321 e. The van der Waals surface area contributed by atoms with Crippen LogP contribution in [0.3, 0.4) is 0 Å². The zero-order valence-corrected chi connectivity index (χ0v) is 15.5. The first-order valence-electron chi connectivity index (χ1n) is 6.97. The zero-order valence-electron chi connectivity index (χ0n) is 13.1. The first-order valence-corrected chi connectivity index (χ1v) is 8.75. The first kappa shape index (κ1) is 19.5. The van der Waals surface area contributed by atoms with Crippen molar-refractivity contribution in [3.05, 3.63) is 28.7 Å². The number of ether oxygens (including phenoxy) is 1. The third-order valence-corrected chi connectivity index (χ3v) is 4.02. The Hall–Kier alpha value is -1.54. The molecule has 0 radical (unpaired) electrons. The average molecular weight is 403 g/mol. The van der Waals surface area contributed by atoms with Gasteiger partial charge >= 0.3 is 12.0 Å². The number of hydrogen-bond acceptors (Lipinski definition) is 5. The Labute approximate surface area is 147 Å². The summed E-state index contributed by atoms with van der Waals surface area (Å²) in [7, 11) is 0. The molecule has 1 aromatic rings. The number of halogens is 1. The minimum absolute atomic E-state index is 0.0808. The summed E-state index contributed by atoms with van der Waals surface area (Å²) in [5, 5.41) is 4.63. The molecule has 0 unspecified atom stereocenters. The summed E-state index contributed by atoms with van der Waals surface area (Å²) in [5.41, 5.74) is 0. The normalized spacial score (nSPS) is 11.7. The van der Waals surface area contributed by atoms with Crippen LogP contribution in [0.5, 0.6) is 0 Å². The fraction of sp³-hybridized carbons (Fsp3) is 0.400. The van der Waals surface area contributed by atoms with Crippen molar-refractivity contribution in [1.29, 1.82) is 0 Å². The lowest BCUT2D eigenvalue weighted by Crippen LogP contribution is -2.46. The van der Waals surface area contributed by atoms with Crippen LogP contribution in [0.4, 0.5) is 4.79 Å². The molecule has 1 rings (SSSR count). The second-order valence-corrected chi connectivity index (χ2v) is 6.96. The number of thioether (sulfide) groups is 1. The van der Waals surface area contributed by atoms with Crippen molar-refractivity contribution in [2.24, 2.45) is 0 Å². The number of carbonyl (C=O) groups excluding carboxylic acids is 3. The van der Waals surface area contributed by atoms with Gasteiger partial charge in [-0.1, -0.05) is 15.9 Å². The van der Waals surface area contributed by atoms with Gasteiger partial charge in [-0.2, -0.15) is 0 Å². The molecule has 0 bridgehead atoms. The lowest BCUT2D eigenvalue weighted by atomic mass is 10.3. The average Bonchev–Trinajstić information content (AvgIpc) is 2.45. The fourth-order valence-corrected chi connectivity index (χ4v) is 2.42. The molecule has 23 heavy (non-hydrogen) atoms. The molecule has 0 saturated heterocycles. The van der Waals surface area contributed by atoms with Crippen LogP contribution in [0, 0.1) is 0 Å². The predicted molar refractivity (Wildman–Crippen MR) is 92.2 cm³/mol. The molecule has 0 aliphatic heterocycles. The smallest absolute Gasteiger partial charge is 0.321 e. The Kier molecular flexibility index (Phi) is 8.11. The molecule has 0 fully saturated rings. The lowest BCUT2D eigenvalue weighted by molar-refractivity contribution is -0.151. The van der Waals surface area contributed by atoms with Crippen LogP contribution in [-0.4, -0.2) is 35.8 Å². The Balaban J connectivity index is 2.36. The number of imide groups is 1. The van der Waals surface area contributed by atoms with E-state index in [0.29, 0.717) is 0 Å². The van der Waals surface area contributed by atoms with E-state index in [9.17, 15) is 14.4 Å². The summed E-state index contributed by atoms with van der Waals surface area (Å²) in [5.74, 6) is -1.10.